The molecule has 0 saturated heterocycles. The van der Waals surface area contributed by atoms with Gasteiger partial charge in [0.05, 0.1) is 28.4 Å². The first-order chi connectivity index (χ1) is 12.7. The van der Waals surface area contributed by atoms with Crippen LogP contribution in [0.15, 0.2) is 12.3 Å². The Balaban J connectivity index is 2.08. The van der Waals surface area contributed by atoms with Gasteiger partial charge in [0.1, 0.15) is 0 Å². The van der Waals surface area contributed by atoms with Crippen molar-refractivity contribution in [2.45, 2.75) is 82.9 Å². The second-order valence-corrected chi connectivity index (χ2v) is 10.2. The number of pyridine rings is 1. The molecule has 0 aromatic carbocycles. The van der Waals surface area contributed by atoms with Gasteiger partial charge < -0.3 is 4.74 Å². The lowest BCUT2D eigenvalue weighted by Crippen LogP contribution is -2.44. The van der Waals surface area contributed by atoms with Crippen LogP contribution in [0.1, 0.15) is 83.3 Å². The van der Waals surface area contributed by atoms with Crippen molar-refractivity contribution in [3.8, 4) is 5.88 Å². The molecule has 0 spiro atoms. The fraction of sp³-hybridized carbons (Fsp3) is 0.750. The molecule has 1 fully saturated rings. The summed E-state index contributed by atoms with van der Waals surface area (Å²) in [6, 6.07) is 1.90. The smallest absolute Gasteiger partial charge is 0.269 e. The molecule has 0 bridgehead atoms. The lowest BCUT2D eigenvalue weighted by Gasteiger charge is -2.35. The number of hydrogen-bond acceptors (Lipinski definition) is 3. The van der Waals surface area contributed by atoms with E-state index < -0.39 is 17.4 Å². The summed E-state index contributed by atoms with van der Waals surface area (Å²) in [6.07, 6.45) is 3.42. The van der Waals surface area contributed by atoms with Crippen molar-refractivity contribution in [1.82, 2.24) is 9.71 Å². The summed E-state index contributed by atoms with van der Waals surface area (Å²) in [5.74, 6) is 0.530. The maximum atomic E-state index is 13.6. The molecule has 1 heterocycles. The first kappa shape index (κ1) is 22.2. The van der Waals surface area contributed by atoms with Crippen LogP contribution in [0, 0.1) is 5.92 Å². The average Bonchev–Trinajstić information content (AvgIpc) is 2.64. The van der Waals surface area contributed by atoms with Crippen LogP contribution in [0.3, 0.4) is 0 Å². The van der Waals surface area contributed by atoms with Gasteiger partial charge in [0.25, 0.3) is 6.43 Å². The van der Waals surface area contributed by atoms with Gasteiger partial charge in [-0.2, -0.15) is 0 Å². The number of alkyl halides is 2. The fourth-order valence-corrected chi connectivity index (χ4v) is 4.85. The van der Waals surface area contributed by atoms with Gasteiger partial charge >= 0.3 is 0 Å². The molecule has 7 heteroatoms. The Bertz CT molecular complexity index is 641. The molecule has 1 aliphatic rings. The van der Waals surface area contributed by atoms with Gasteiger partial charge in [0.15, 0.2) is 0 Å². The van der Waals surface area contributed by atoms with Crippen molar-refractivity contribution in [2.24, 2.45) is 5.92 Å². The van der Waals surface area contributed by atoms with Crippen LogP contribution >= 0.6 is 0 Å². The summed E-state index contributed by atoms with van der Waals surface area (Å²) < 4.78 is 47.7. The zero-order valence-electron chi connectivity index (χ0n) is 16.9. The van der Waals surface area contributed by atoms with E-state index in [1.165, 1.54) is 7.11 Å². The Morgan fingerprint density at radius 1 is 1.30 bits per heavy atom. The van der Waals surface area contributed by atoms with Crippen molar-refractivity contribution in [3.05, 3.63) is 23.4 Å². The highest BCUT2D eigenvalue weighted by Crippen LogP contribution is 2.42. The van der Waals surface area contributed by atoms with Crippen LogP contribution in [0.25, 0.3) is 0 Å². The van der Waals surface area contributed by atoms with Crippen LogP contribution in [0.2, 0.25) is 0 Å². The molecule has 1 N–H and O–H groups in total. The molecule has 4 nitrogen and oxygen atoms in total. The summed E-state index contributed by atoms with van der Waals surface area (Å²) in [5, 5.41) is 0. The summed E-state index contributed by atoms with van der Waals surface area (Å²) >= 11 is 0. The van der Waals surface area contributed by atoms with Crippen LogP contribution < -0.4 is 9.46 Å². The minimum atomic E-state index is -2.60. The Kier molecular flexibility index (Phi) is 7.74. The third kappa shape index (κ3) is 5.47. The highest BCUT2D eigenvalue weighted by atomic mass is 32.2. The number of halogens is 2. The third-order valence-electron chi connectivity index (χ3n) is 5.43. The zero-order valence-corrected chi connectivity index (χ0v) is 17.7. The van der Waals surface area contributed by atoms with E-state index in [2.05, 4.69) is 16.6 Å². The van der Waals surface area contributed by atoms with Crippen molar-refractivity contribution >= 4 is 11.0 Å². The fourth-order valence-electron chi connectivity index (χ4n) is 3.87. The lowest BCUT2D eigenvalue weighted by molar-refractivity contribution is 0.143. The average molecular weight is 403 g/mol. The van der Waals surface area contributed by atoms with E-state index in [9.17, 15) is 13.0 Å². The minimum absolute atomic E-state index is 0.0262. The first-order valence-electron chi connectivity index (χ1n) is 9.68. The number of aromatic nitrogens is 1. The zero-order chi connectivity index (χ0) is 20.2. The molecule has 2 rings (SSSR count). The van der Waals surface area contributed by atoms with Gasteiger partial charge in [-0.25, -0.2) is 22.7 Å². The van der Waals surface area contributed by atoms with Crippen LogP contribution in [-0.2, 0) is 11.0 Å². The van der Waals surface area contributed by atoms with Gasteiger partial charge in [0, 0.05) is 12.2 Å². The van der Waals surface area contributed by atoms with Gasteiger partial charge in [-0.1, -0.05) is 6.92 Å². The lowest BCUT2D eigenvalue weighted by atomic mass is 9.75. The Morgan fingerprint density at radius 3 is 2.41 bits per heavy atom. The molecule has 1 aromatic rings. The van der Waals surface area contributed by atoms with Crippen LogP contribution in [0.4, 0.5) is 8.78 Å². The summed E-state index contributed by atoms with van der Waals surface area (Å²) in [7, 11) is 0.275. The van der Waals surface area contributed by atoms with Gasteiger partial charge in [-0.3, -0.25) is 0 Å². The highest BCUT2D eigenvalue weighted by Gasteiger charge is 2.33. The minimum Gasteiger partial charge on any atom is -0.481 e. The largest absolute Gasteiger partial charge is 0.481 e. The Morgan fingerprint density at radius 2 is 1.93 bits per heavy atom. The van der Waals surface area contributed by atoms with E-state index in [1.54, 1.807) is 12.3 Å². The van der Waals surface area contributed by atoms with Crippen LogP contribution in [0.5, 0.6) is 5.88 Å². The van der Waals surface area contributed by atoms with Gasteiger partial charge in [0.2, 0.25) is 5.88 Å². The Hall–Kier alpha value is -1.08. The monoisotopic (exact) mass is 402 g/mol. The SMILES string of the molecule is CC[C@@H](N[S@@](=O)C(C)(C)C)C1CCC(c2ccnc(OC)c2C(F)F)CC1. The van der Waals surface area contributed by atoms with Crippen molar-refractivity contribution in [2.75, 3.05) is 7.11 Å². The van der Waals surface area contributed by atoms with E-state index >= 15 is 0 Å². The predicted octanol–water partition coefficient (Wildman–Crippen LogP) is 5.13. The van der Waals surface area contributed by atoms with E-state index in [1.807, 2.05) is 20.8 Å². The third-order valence-corrected chi connectivity index (χ3v) is 7.06. The predicted molar refractivity (Wildman–Crippen MR) is 106 cm³/mol. The topological polar surface area (TPSA) is 51.2 Å². The molecular formula is C20H32F2N2O2S. The second kappa shape index (κ2) is 9.41. The summed E-state index contributed by atoms with van der Waals surface area (Å²) in [4.78, 5) is 3.94. The molecular weight excluding hydrogens is 370 g/mol. The quantitative estimate of drug-likeness (QED) is 0.688. The normalized spacial score (nSPS) is 23.3. The number of nitrogens with zero attached hydrogens (tertiary/aromatic N) is 1. The molecule has 1 saturated carbocycles. The first-order valence-corrected chi connectivity index (χ1v) is 10.8. The molecule has 0 aliphatic heterocycles. The molecule has 0 amide bonds. The van der Waals surface area contributed by atoms with E-state index in [4.69, 9.17) is 4.74 Å². The van der Waals surface area contributed by atoms with Crippen molar-refractivity contribution in [3.63, 3.8) is 0 Å². The van der Waals surface area contributed by atoms with Gasteiger partial charge in [-0.05, 0) is 76.3 Å². The second-order valence-electron chi connectivity index (χ2n) is 8.25. The Labute approximate surface area is 164 Å². The van der Waals surface area contributed by atoms with E-state index in [-0.39, 0.29) is 28.2 Å². The number of nitrogens with one attached hydrogen (secondary N) is 1. The standard InChI is InChI=1S/C20H32F2N2O2S/c1-6-16(24-27(25)20(2,3)4)14-9-7-13(8-10-14)15-11-12-23-19(26-5)17(15)18(21)22/h11-14,16,18,24H,6-10H2,1-5H3/t13?,14?,16-,27+/m1/s1. The van der Waals surface area contributed by atoms with Gasteiger partial charge in [-0.15, -0.1) is 0 Å². The summed E-state index contributed by atoms with van der Waals surface area (Å²) in [5.41, 5.74) is 0.594. The molecule has 27 heavy (non-hydrogen) atoms. The molecule has 0 unspecified atom stereocenters. The highest BCUT2D eigenvalue weighted by molar-refractivity contribution is 7.84. The molecule has 0 radical (unpaired) electrons. The van der Waals surface area contributed by atoms with Crippen molar-refractivity contribution < 1.29 is 17.7 Å². The number of ether oxygens (including phenoxy) is 1. The summed E-state index contributed by atoms with van der Waals surface area (Å²) in [6.45, 7) is 7.99. The van der Waals surface area contributed by atoms with Crippen LogP contribution in [-0.4, -0.2) is 27.1 Å². The molecule has 1 aliphatic carbocycles. The molecule has 154 valence electrons. The number of methoxy groups -OCH3 is 1. The maximum Gasteiger partial charge on any atom is 0.269 e. The van der Waals surface area contributed by atoms with E-state index in [0.29, 0.717) is 11.5 Å². The number of rotatable bonds is 7. The van der Waals surface area contributed by atoms with E-state index in [0.717, 1.165) is 32.1 Å². The maximum absolute atomic E-state index is 13.6. The number of hydrogen-bond donors (Lipinski definition) is 1. The molecule has 1 aromatic heterocycles. The molecule has 2 atom stereocenters. The van der Waals surface area contributed by atoms with Crippen molar-refractivity contribution in [1.29, 1.82) is 0 Å².